The van der Waals surface area contributed by atoms with Gasteiger partial charge in [0, 0.05) is 31.4 Å². The van der Waals surface area contributed by atoms with Crippen molar-refractivity contribution >= 4 is 11.6 Å². The Labute approximate surface area is 128 Å². The molecule has 0 aromatic heterocycles. The van der Waals surface area contributed by atoms with Crippen LogP contribution in [0.15, 0.2) is 18.2 Å². The smallest absolute Gasteiger partial charge is 0.239 e. The molecular formula is C17H29N3O. The Bertz CT molecular complexity index is 477. The zero-order chi connectivity index (χ0) is 16.0. The molecule has 0 atom stereocenters. The lowest BCUT2D eigenvalue weighted by Crippen LogP contribution is -2.35. The fourth-order valence-electron chi connectivity index (χ4n) is 2.04. The number of carbonyl (C=O) groups excluding carboxylic acids is 1. The maximum absolute atomic E-state index is 11.6. The van der Waals surface area contributed by atoms with Gasteiger partial charge in [-0.1, -0.05) is 6.07 Å². The number of likely N-dealkylation sites (N-methyl/N-ethyl adjacent to an activating group) is 2. The Morgan fingerprint density at radius 2 is 1.95 bits per heavy atom. The van der Waals surface area contributed by atoms with Crippen LogP contribution >= 0.6 is 0 Å². The fourth-order valence-corrected chi connectivity index (χ4v) is 2.04. The first-order chi connectivity index (χ1) is 9.73. The van der Waals surface area contributed by atoms with E-state index in [0.717, 1.165) is 12.2 Å². The molecule has 1 rings (SSSR count). The predicted octanol–water partition coefficient (Wildman–Crippen LogP) is 2.46. The third-order valence-corrected chi connectivity index (χ3v) is 3.33. The van der Waals surface area contributed by atoms with Gasteiger partial charge in [0.05, 0.1) is 6.54 Å². The molecule has 0 spiro atoms. The van der Waals surface area contributed by atoms with Crippen LogP contribution in [0.4, 0.5) is 5.69 Å². The van der Waals surface area contributed by atoms with E-state index in [2.05, 4.69) is 56.5 Å². The molecule has 21 heavy (non-hydrogen) atoms. The molecule has 1 amide bonds. The third kappa shape index (κ3) is 6.17. The highest BCUT2D eigenvalue weighted by Gasteiger charge is 2.11. The number of aryl methyl sites for hydroxylation is 1. The standard InChI is InChI=1S/C17H29N3O/c1-7-18-16(21)12-20(6)15-9-8-14(13(2)10-15)11-19-17(3,4)5/h8-10,19H,7,11-12H2,1-6H3,(H,18,21). The molecule has 0 heterocycles. The molecule has 1 aromatic carbocycles. The lowest BCUT2D eigenvalue weighted by molar-refractivity contribution is -0.119. The van der Waals surface area contributed by atoms with Crippen molar-refractivity contribution in [2.24, 2.45) is 0 Å². The zero-order valence-corrected chi connectivity index (χ0v) is 14.2. The fraction of sp³-hybridized carbons (Fsp3) is 0.588. The molecule has 0 unspecified atom stereocenters. The maximum atomic E-state index is 11.6. The summed E-state index contributed by atoms with van der Waals surface area (Å²) in [6.45, 7) is 12.4. The normalized spacial score (nSPS) is 11.3. The van der Waals surface area contributed by atoms with Crippen LogP contribution in [0, 0.1) is 6.92 Å². The third-order valence-electron chi connectivity index (χ3n) is 3.33. The number of benzene rings is 1. The van der Waals surface area contributed by atoms with Crippen LogP contribution in [-0.2, 0) is 11.3 Å². The van der Waals surface area contributed by atoms with Gasteiger partial charge in [0.1, 0.15) is 0 Å². The monoisotopic (exact) mass is 291 g/mol. The summed E-state index contributed by atoms with van der Waals surface area (Å²) in [5, 5.41) is 6.32. The quantitative estimate of drug-likeness (QED) is 0.846. The second kappa shape index (κ2) is 7.46. The van der Waals surface area contributed by atoms with E-state index < -0.39 is 0 Å². The maximum Gasteiger partial charge on any atom is 0.239 e. The minimum absolute atomic E-state index is 0.0520. The van der Waals surface area contributed by atoms with Gasteiger partial charge >= 0.3 is 0 Å². The average molecular weight is 291 g/mol. The first kappa shape index (κ1) is 17.5. The van der Waals surface area contributed by atoms with Crippen molar-refractivity contribution < 1.29 is 4.79 Å². The highest BCUT2D eigenvalue weighted by atomic mass is 16.1. The molecule has 0 aliphatic carbocycles. The summed E-state index contributed by atoms with van der Waals surface area (Å²) in [7, 11) is 1.94. The van der Waals surface area contributed by atoms with Gasteiger partial charge in [-0.25, -0.2) is 0 Å². The number of hydrogen-bond donors (Lipinski definition) is 2. The second-order valence-corrected chi connectivity index (χ2v) is 6.52. The van der Waals surface area contributed by atoms with Crippen molar-refractivity contribution in [3.63, 3.8) is 0 Å². The van der Waals surface area contributed by atoms with Gasteiger partial charge < -0.3 is 15.5 Å². The topological polar surface area (TPSA) is 44.4 Å². The number of amides is 1. The summed E-state index contributed by atoms with van der Waals surface area (Å²) in [6, 6.07) is 6.35. The van der Waals surface area contributed by atoms with Crippen LogP contribution in [-0.4, -0.2) is 31.6 Å². The molecule has 2 N–H and O–H groups in total. The lowest BCUT2D eigenvalue weighted by Gasteiger charge is -2.23. The predicted molar refractivity (Wildman–Crippen MR) is 89.7 cm³/mol. The Kier molecular flexibility index (Phi) is 6.21. The van der Waals surface area contributed by atoms with E-state index in [4.69, 9.17) is 0 Å². The molecule has 0 aliphatic rings. The Hall–Kier alpha value is -1.55. The summed E-state index contributed by atoms with van der Waals surface area (Å²) in [6.07, 6.45) is 0. The average Bonchev–Trinajstić information content (AvgIpc) is 2.36. The van der Waals surface area contributed by atoms with Crippen LogP contribution in [0.2, 0.25) is 0 Å². The second-order valence-electron chi connectivity index (χ2n) is 6.52. The van der Waals surface area contributed by atoms with Crippen LogP contribution in [0.3, 0.4) is 0 Å². The van der Waals surface area contributed by atoms with Crippen molar-refractivity contribution in [2.75, 3.05) is 25.0 Å². The van der Waals surface area contributed by atoms with E-state index in [1.54, 1.807) is 0 Å². The summed E-state index contributed by atoms with van der Waals surface area (Å²) >= 11 is 0. The lowest BCUT2D eigenvalue weighted by atomic mass is 10.0. The van der Waals surface area contributed by atoms with E-state index in [1.807, 2.05) is 18.9 Å². The minimum atomic E-state index is 0.0520. The first-order valence-electron chi connectivity index (χ1n) is 7.55. The number of rotatable bonds is 6. The molecule has 0 aliphatic heterocycles. The summed E-state index contributed by atoms with van der Waals surface area (Å²) in [4.78, 5) is 13.6. The molecule has 0 fully saturated rings. The molecule has 0 radical (unpaired) electrons. The van der Waals surface area contributed by atoms with Crippen molar-refractivity contribution in [1.82, 2.24) is 10.6 Å². The van der Waals surface area contributed by atoms with Gasteiger partial charge in [-0.2, -0.15) is 0 Å². The van der Waals surface area contributed by atoms with Gasteiger partial charge in [0.15, 0.2) is 0 Å². The van der Waals surface area contributed by atoms with Crippen molar-refractivity contribution in [3.05, 3.63) is 29.3 Å². The zero-order valence-electron chi connectivity index (χ0n) is 14.2. The highest BCUT2D eigenvalue weighted by Crippen LogP contribution is 2.18. The van der Waals surface area contributed by atoms with Gasteiger partial charge in [-0.15, -0.1) is 0 Å². The summed E-state index contributed by atoms with van der Waals surface area (Å²) in [5.41, 5.74) is 3.71. The van der Waals surface area contributed by atoms with E-state index in [1.165, 1.54) is 11.1 Å². The SMILES string of the molecule is CCNC(=O)CN(C)c1ccc(CNC(C)(C)C)c(C)c1. The number of carbonyl (C=O) groups is 1. The van der Waals surface area contributed by atoms with Crippen LogP contribution in [0.25, 0.3) is 0 Å². The number of anilines is 1. The summed E-state index contributed by atoms with van der Waals surface area (Å²) < 4.78 is 0. The van der Waals surface area contributed by atoms with E-state index in [9.17, 15) is 4.79 Å². The van der Waals surface area contributed by atoms with Crippen LogP contribution < -0.4 is 15.5 Å². The number of nitrogens with zero attached hydrogens (tertiary/aromatic N) is 1. The van der Waals surface area contributed by atoms with E-state index >= 15 is 0 Å². The van der Waals surface area contributed by atoms with E-state index in [-0.39, 0.29) is 11.4 Å². The molecule has 118 valence electrons. The molecule has 0 bridgehead atoms. The van der Waals surface area contributed by atoms with Crippen LogP contribution in [0.5, 0.6) is 0 Å². The van der Waals surface area contributed by atoms with Crippen molar-refractivity contribution in [2.45, 2.75) is 46.7 Å². The van der Waals surface area contributed by atoms with Crippen molar-refractivity contribution in [1.29, 1.82) is 0 Å². The van der Waals surface area contributed by atoms with Gasteiger partial charge in [-0.05, 0) is 57.9 Å². The molecule has 4 nitrogen and oxygen atoms in total. The largest absolute Gasteiger partial charge is 0.365 e. The van der Waals surface area contributed by atoms with Gasteiger partial charge in [-0.3, -0.25) is 4.79 Å². The number of nitrogens with one attached hydrogen (secondary N) is 2. The highest BCUT2D eigenvalue weighted by molar-refractivity contribution is 5.81. The van der Waals surface area contributed by atoms with Crippen LogP contribution in [0.1, 0.15) is 38.8 Å². The van der Waals surface area contributed by atoms with E-state index in [0.29, 0.717) is 13.1 Å². The van der Waals surface area contributed by atoms with Gasteiger partial charge in [0.2, 0.25) is 5.91 Å². The first-order valence-corrected chi connectivity index (χ1v) is 7.55. The Morgan fingerprint density at radius 1 is 1.29 bits per heavy atom. The molecule has 0 saturated carbocycles. The molecule has 4 heteroatoms. The minimum Gasteiger partial charge on any atom is -0.365 e. The summed E-state index contributed by atoms with van der Waals surface area (Å²) in [5.74, 6) is 0.0520. The molecule has 1 aromatic rings. The Balaban J connectivity index is 2.70. The van der Waals surface area contributed by atoms with Gasteiger partial charge in [0.25, 0.3) is 0 Å². The number of hydrogen-bond acceptors (Lipinski definition) is 3. The molecular weight excluding hydrogens is 262 g/mol. The Morgan fingerprint density at radius 3 is 2.48 bits per heavy atom. The molecule has 0 saturated heterocycles. The van der Waals surface area contributed by atoms with Crippen molar-refractivity contribution in [3.8, 4) is 0 Å².